The summed E-state index contributed by atoms with van der Waals surface area (Å²) in [4.78, 5) is 11.3. The third kappa shape index (κ3) is 5.90. The lowest BCUT2D eigenvalue weighted by Gasteiger charge is -2.14. The number of methoxy groups -OCH3 is 1. The first-order chi connectivity index (χ1) is 6.61. The predicted octanol–water partition coefficient (Wildman–Crippen LogP) is -0.763. The number of nitrogens with one attached hydrogen (secondary N) is 1. The number of rotatable bonds is 7. The number of carbonyl (C=O) groups excluding carboxylic acids is 1. The zero-order chi connectivity index (χ0) is 11.0. The van der Waals surface area contributed by atoms with Crippen molar-refractivity contribution in [1.29, 1.82) is 0 Å². The van der Waals surface area contributed by atoms with Gasteiger partial charge in [0, 0.05) is 13.7 Å². The molecule has 0 aromatic rings. The highest BCUT2D eigenvalue weighted by Gasteiger charge is 2.13. The van der Waals surface area contributed by atoms with Gasteiger partial charge in [-0.1, -0.05) is 13.3 Å². The third-order valence-electron chi connectivity index (χ3n) is 1.81. The Bertz CT molecular complexity index is 164. The lowest BCUT2D eigenvalue weighted by Crippen LogP contribution is -2.44. The Hall–Kier alpha value is -0.650. The van der Waals surface area contributed by atoms with Crippen molar-refractivity contribution < 1.29 is 14.6 Å². The van der Waals surface area contributed by atoms with Crippen LogP contribution in [0.15, 0.2) is 0 Å². The van der Waals surface area contributed by atoms with E-state index in [-0.39, 0.29) is 19.1 Å². The predicted molar refractivity (Wildman–Crippen MR) is 53.8 cm³/mol. The van der Waals surface area contributed by atoms with Crippen LogP contribution in [0.25, 0.3) is 0 Å². The summed E-state index contributed by atoms with van der Waals surface area (Å²) >= 11 is 0. The van der Waals surface area contributed by atoms with Gasteiger partial charge in [-0.25, -0.2) is 0 Å². The van der Waals surface area contributed by atoms with E-state index in [0.717, 1.165) is 6.42 Å². The maximum Gasteiger partial charge on any atom is 0.237 e. The van der Waals surface area contributed by atoms with Gasteiger partial charge in [0.25, 0.3) is 0 Å². The molecule has 0 aliphatic heterocycles. The monoisotopic (exact) mass is 204 g/mol. The van der Waals surface area contributed by atoms with E-state index in [1.807, 2.05) is 6.92 Å². The van der Waals surface area contributed by atoms with Gasteiger partial charge in [0.2, 0.25) is 5.91 Å². The third-order valence-corrected chi connectivity index (χ3v) is 1.81. The summed E-state index contributed by atoms with van der Waals surface area (Å²) in [6, 6.07) is -0.477. The highest BCUT2D eigenvalue weighted by molar-refractivity contribution is 5.81. The molecule has 0 bridgehead atoms. The molecule has 5 nitrogen and oxygen atoms in total. The summed E-state index contributed by atoms with van der Waals surface area (Å²) in [5.41, 5.74) is 5.56. The fraction of sp³-hybridized carbons (Fsp3) is 0.889. The van der Waals surface area contributed by atoms with Crippen LogP contribution < -0.4 is 11.1 Å². The summed E-state index contributed by atoms with van der Waals surface area (Å²) in [5.74, 6) is -0.220. The SMILES string of the molecule is CCCC(N)C(=O)NCC(O)COC. The molecule has 2 unspecified atom stereocenters. The van der Waals surface area contributed by atoms with Gasteiger partial charge in [-0.3, -0.25) is 4.79 Å². The van der Waals surface area contributed by atoms with E-state index in [2.05, 4.69) is 5.32 Å². The Labute approximate surface area is 84.6 Å². The van der Waals surface area contributed by atoms with Gasteiger partial charge in [-0.15, -0.1) is 0 Å². The van der Waals surface area contributed by atoms with Crippen LogP contribution in [0.4, 0.5) is 0 Å². The van der Waals surface area contributed by atoms with E-state index in [1.165, 1.54) is 7.11 Å². The molecule has 84 valence electrons. The molecular weight excluding hydrogens is 184 g/mol. The molecule has 0 fully saturated rings. The van der Waals surface area contributed by atoms with Crippen molar-refractivity contribution in [2.24, 2.45) is 5.73 Å². The van der Waals surface area contributed by atoms with Crippen molar-refractivity contribution in [1.82, 2.24) is 5.32 Å². The van der Waals surface area contributed by atoms with Crippen LogP contribution in [0.1, 0.15) is 19.8 Å². The molecule has 0 aliphatic rings. The lowest BCUT2D eigenvalue weighted by molar-refractivity contribution is -0.123. The number of amides is 1. The van der Waals surface area contributed by atoms with Crippen LogP contribution in [-0.4, -0.2) is 43.4 Å². The Balaban J connectivity index is 3.61. The molecule has 0 spiro atoms. The maximum atomic E-state index is 11.3. The van der Waals surface area contributed by atoms with Gasteiger partial charge in [0.05, 0.1) is 18.8 Å². The fourth-order valence-corrected chi connectivity index (χ4v) is 1.04. The molecule has 0 rings (SSSR count). The van der Waals surface area contributed by atoms with E-state index in [4.69, 9.17) is 10.5 Å². The zero-order valence-electron chi connectivity index (χ0n) is 8.82. The van der Waals surface area contributed by atoms with E-state index in [1.54, 1.807) is 0 Å². The van der Waals surface area contributed by atoms with Gasteiger partial charge in [-0.05, 0) is 6.42 Å². The second-order valence-electron chi connectivity index (χ2n) is 3.25. The second-order valence-corrected chi connectivity index (χ2v) is 3.25. The Morgan fingerprint density at radius 2 is 2.29 bits per heavy atom. The molecule has 14 heavy (non-hydrogen) atoms. The molecule has 1 amide bonds. The quantitative estimate of drug-likeness (QED) is 0.509. The minimum absolute atomic E-state index is 0.185. The molecule has 0 aromatic carbocycles. The van der Waals surface area contributed by atoms with Gasteiger partial charge >= 0.3 is 0 Å². The van der Waals surface area contributed by atoms with Gasteiger partial charge < -0.3 is 20.9 Å². The number of carbonyl (C=O) groups is 1. The van der Waals surface area contributed by atoms with Crippen LogP contribution in [0.5, 0.6) is 0 Å². The van der Waals surface area contributed by atoms with E-state index in [9.17, 15) is 9.90 Å². The number of aliphatic hydroxyl groups excluding tert-OH is 1. The van der Waals surface area contributed by atoms with Gasteiger partial charge in [0.1, 0.15) is 0 Å². The average molecular weight is 204 g/mol. The summed E-state index contributed by atoms with van der Waals surface area (Å²) in [6.45, 7) is 2.36. The molecular formula is C9H20N2O3. The van der Waals surface area contributed by atoms with Gasteiger partial charge in [0.15, 0.2) is 0 Å². The lowest BCUT2D eigenvalue weighted by atomic mass is 10.1. The standard InChI is InChI=1S/C9H20N2O3/c1-3-4-8(10)9(13)11-5-7(12)6-14-2/h7-8,12H,3-6,10H2,1-2H3,(H,11,13). The molecule has 0 heterocycles. The molecule has 0 saturated heterocycles. The molecule has 5 heteroatoms. The van der Waals surface area contributed by atoms with Crippen molar-refractivity contribution in [3.8, 4) is 0 Å². The summed E-state index contributed by atoms with van der Waals surface area (Å²) in [6.07, 6.45) is 0.860. The second kappa shape index (κ2) is 7.73. The number of nitrogens with two attached hydrogens (primary N) is 1. The van der Waals surface area contributed by atoms with E-state index >= 15 is 0 Å². The molecule has 0 saturated carbocycles. The summed E-state index contributed by atoms with van der Waals surface area (Å²) in [7, 11) is 1.49. The Kier molecular flexibility index (Phi) is 7.37. The molecule has 0 aromatic heterocycles. The first-order valence-electron chi connectivity index (χ1n) is 4.82. The fourth-order valence-electron chi connectivity index (χ4n) is 1.04. The summed E-state index contributed by atoms with van der Waals surface area (Å²) < 4.78 is 4.71. The number of ether oxygens (including phenoxy) is 1. The minimum Gasteiger partial charge on any atom is -0.389 e. The highest BCUT2D eigenvalue weighted by atomic mass is 16.5. The highest BCUT2D eigenvalue weighted by Crippen LogP contribution is 1.93. The smallest absolute Gasteiger partial charge is 0.237 e. The van der Waals surface area contributed by atoms with Crippen LogP contribution >= 0.6 is 0 Å². The zero-order valence-corrected chi connectivity index (χ0v) is 8.82. The van der Waals surface area contributed by atoms with Crippen LogP contribution in [0.2, 0.25) is 0 Å². The molecule has 0 radical (unpaired) electrons. The van der Waals surface area contributed by atoms with Crippen molar-refractivity contribution in [2.45, 2.75) is 31.9 Å². The normalized spacial score (nSPS) is 14.9. The van der Waals surface area contributed by atoms with Gasteiger partial charge in [-0.2, -0.15) is 0 Å². The molecule has 2 atom stereocenters. The average Bonchev–Trinajstić information content (AvgIpc) is 2.15. The van der Waals surface area contributed by atoms with E-state index in [0.29, 0.717) is 6.42 Å². The van der Waals surface area contributed by atoms with Crippen molar-refractivity contribution in [3.05, 3.63) is 0 Å². The number of aliphatic hydroxyl groups is 1. The number of hydrogen-bond donors (Lipinski definition) is 3. The van der Waals surface area contributed by atoms with Crippen LogP contribution in [0, 0.1) is 0 Å². The molecule has 4 N–H and O–H groups in total. The Morgan fingerprint density at radius 1 is 1.64 bits per heavy atom. The summed E-state index contributed by atoms with van der Waals surface area (Å²) in [5, 5.41) is 11.8. The maximum absolute atomic E-state index is 11.3. The van der Waals surface area contributed by atoms with Crippen molar-refractivity contribution >= 4 is 5.91 Å². The largest absolute Gasteiger partial charge is 0.389 e. The first-order valence-corrected chi connectivity index (χ1v) is 4.82. The van der Waals surface area contributed by atoms with Crippen LogP contribution in [0.3, 0.4) is 0 Å². The van der Waals surface area contributed by atoms with Crippen molar-refractivity contribution in [2.75, 3.05) is 20.3 Å². The Morgan fingerprint density at radius 3 is 2.79 bits per heavy atom. The first kappa shape index (κ1) is 13.4. The minimum atomic E-state index is -0.669. The number of hydrogen-bond acceptors (Lipinski definition) is 4. The van der Waals surface area contributed by atoms with Crippen molar-refractivity contribution in [3.63, 3.8) is 0 Å². The molecule has 0 aliphatic carbocycles. The van der Waals surface area contributed by atoms with E-state index < -0.39 is 12.1 Å². The topological polar surface area (TPSA) is 84.6 Å². The van der Waals surface area contributed by atoms with Crippen LogP contribution in [-0.2, 0) is 9.53 Å².